The van der Waals surface area contributed by atoms with Crippen LogP contribution in [0.15, 0.2) is 41.7 Å². The number of hydrogen-bond donors (Lipinski definition) is 1. The van der Waals surface area contributed by atoms with Gasteiger partial charge in [0.25, 0.3) is 5.91 Å². The van der Waals surface area contributed by atoms with Gasteiger partial charge < -0.3 is 19.6 Å². The lowest BCUT2D eigenvalue weighted by atomic mass is 9.89. The molecule has 0 aliphatic carbocycles. The van der Waals surface area contributed by atoms with Crippen LogP contribution in [-0.2, 0) is 7.05 Å². The third-order valence-electron chi connectivity index (χ3n) is 6.60. The molecule has 32 heavy (non-hydrogen) atoms. The topological polar surface area (TPSA) is 78.1 Å². The third kappa shape index (κ3) is 4.60. The molecular formula is C24H29FN4O3. The minimum Gasteiger partial charge on any atom is -0.411 e. The number of ketones is 1. The molecule has 1 saturated heterocycles. The van der Waals surface area contributed by atoms with Gasteiger partial charge in [-0.2, -0.15) is 0 Å². The number of carbonyl (C=O) groups excluding carboxylic acids is 2. The van der Waals surface area contributed by atoms with E-state index < -0.39 is 0 Å². The number of likely N-dealkylation sites (tertiary alicyclic amines) is 1. The fourth-order valence-electron chi connectivity index (χ4n) is 4.73. The second-order valence-electron chi connectivity index (χ2n) is 8.62. The number of rotatable bonds is 6. The molecule has 7 nitrogen and oxygen atoms in total. The smallest absolute Gasteiger partial charge is 0.271 e. The first-order valence-corrected chi connectivity index (χ1v) is 11.2. The Hall–Kier alpha value is -3.00. The van der Waals surface area contributed by atoms with Crippen LogP contribution in [0, 0.1) is 11.7 Å². The first-order chi connectivity index (χ1) is 15.5. The Labute approximate surface area is 187 Å². The van der Waals surface area contributed by atoms with Crippen molar-refractivity contribution in [2.75, 3.05) is 32.7 Å². The fourth-order valence-corrected chi connectivity index (χ4v) is 4.73. The number of amides is 1. The molecule has 1 N–H and O–H groups in total. The molecule has 2 aliphatic rings. The van der Waals surface area contributed by atoms with E-state index in [0.717, 1.165) is 38.9 Å². The molecule has 0 unspecified atom stereocenters. The molecule has 0 radical (unpaired) electrons. The van der Waals surface area contributed by atoms with E-state index in [-0.39, 0.29) is 23.4 Å². The van der Waals surface area contributed by atoms with Gasteiger partial charge >= 0.3 is 0 Å². The Balaban J connectivity index is 1.27. The second kappa shape index (κ2) is 9.65. The van der Waals surface area contributed by atoms with Crippen molar-refractivity contribution in [1.82, 2.24) is 14.4 Å². The Morgan fingerprint density at radius 1 is 1.12 bits per heavy atom. The highest BCUT2D eigenvalue weighted by atomic mass is 19.1. The van der Waals surface area contributed by atoms with E-state index in [1.807, 2.05) is 24.2 Å². The van der Waals surface area contributed by atoms with Crippen molar-refractivity contribution >= 4 is 17.4 Å². The fraction of sp³-hybridized carbons (Fsp3) is 0.458. The van der Waals surface area contributed by atoms with Crippen LogP contribution in [0.25, 0.3) is 0 Å². The number of carbonyl (C=O) groups is 2. The lowest BCUT2D eigenvalue weighted by Gasteiger charge is -2.32. The lowest BCUT2D eigenvalue weighted by Crippen LogP contribution is -2.39. The first kappa shape index (κ1) is 22.2. The standard InChI is InChI=1S/C24H29FN4O3/c1-27-13-9-20-21(26-32)10-16-29(24(31)22(20)27)12-2-11-28-14-7-18(8-15-28)23(30)17-3-5-19(25)6-4-17/h3-6,9,13,18,32H,2,7-8,10-12,14-16H2,1H3. The van der Waals surface area contributed by atoms with Crippen LogP contribution in [0.2, 0.25) is 0 Å². The summed E-state index contributed by atoms with van der Waals surface area (Å²) in [4.78, 5) is 29.9. The van der Waals surface area contributed by atoms with Crippen LogP contribution in [0.1, 0.15) is 52.1 Å². The van der Waals surface area contributed by atoms with Gasteiger partial charge in [0, 0.05) is 49.8 Å². The van der Waals surface area contributed by atoms with Crippen molar-refractivity contribution in [3.8, 4) is 0 Å². The molecule has 8 heteroatoms. The van der Waals surface area contributed by atoms with Gasteiger partial charge in [0.15, 0.2) is 5.78 Å². The van der Waals surface area contributed by atoms with Gasteiger partial charge in [-0.15, -0.1) is 0 Å². The number of halogens is 1. The monoisotopic (exact) mass is 440 g/mol. The third-order valence-corrected chi connectivity index (χ3v) is 6.60. The summed E-state index contributed by atoms with van der Waals surface area (Å²) in [6.45, 7) is 3.71. The van der Waals surface area contributed by atoms with Crippen LogP contribution in [-0.4, -0.2) is 69.7 Å². The molecular weight excluding hydrogens is 411 g/mol. The molecule has 1 fully saturated rings. The van der Waals surface area contributed by atoms with Crippen LogP contribution < -0.4 is 0 Å². The highest BCUT2D eigenvalue weighted by molar-refractivity contribution is 6.11. The summed E-state index contributed by atoms with van der Waals surface area (Å²) in [6.07, 6.45) is 4.77. The zero-order chi connectivity index (χ0) is 22.7. The number of aryl methyl sites for hydroxylation is 1. The molecule has 3 heterocycles. The Kier molecular flexibility index (Phi) is 6.69. The Morgan fingerprint density at radius 3 is 2.53 bits per heavy atom. The number of Topliss-reactive ketones (excluding diaryl/α,β-unsaturated/α-hetero) is 1. The summed E-state index contributed by atoms with van der Waals surface area (Å²) < 4.78 is 14.9. The minimum absolute atomic E-state index is 0.0177. The maximum absolute atomic E-state index is 13.1. The summed E-state index contributed by atoms with van der Waals surface area (Å²) in [5.74, 6) is -0.285. The largest absolute Gasteiger partial charge is 0.411 e. The molecule has 1 aromatic heterocycles. The summed E-state index contributed by atoms with van der Waals surface area (Å²) in [5.41, 5.74) is 2.39. The molecule has 170 valence electrons. The summed E-state index contributed by atoms with van der Waals surface area (Å²) >= 11 is 0. The molecule has 2 aliphatic heterocycles. The van der Waals surface area contributed by atoms with E-state index in [4.69, 9.17) is 0 Å². The van der Waals surface area contributed by atoms with Crippen molar-refractivity contribution < 1.29 is 19.2 Å². The molecule has 0 spiro atoms. The predicted molar refractivity (Wildman–Crippen MR) is 119 cm³/mol. The normalized spacial score (nSPS) is 19.2. The molecule has 1 amide bonds. The van der Waals surface area contributed by atoms with Crippen LogP contribution in [0.3, 0.4) is 0 Å². The maximum Gasteiger partial charge on any atom is 0.271 e. The molecule has 0 atom stereocenters. The number of aromatic nitrogens is 1. The van der Waals surface area contributed by atoms with Crippen LogP contribution in [0.4, 0.5) is 4.39 Å². The van der Waals surface area contributed by atoms with E-state index >= 15 is 0 Å². The maximum atomic E-state index is 13.1. The van der Waals surface area contributed by atoms with Gasteiger partial charge in [-0.25, -0.2) is 4.39 Å². The van der Waals surface area contributed by atoms with Crippen molar-refractivity contribution in [1.29, 1.82) is 0 Å². The van der Waals surface area contributed by atoms with E-state index in [9.17, 15) is 19.2 Å². The minimum atomic E-state index is -0.331. The number of oxime groups is 1. The average molecular weight is 441 g/mol. The quantitative estimate of drug-likeness (QED) is 0.425. The number of nitrogens with zero attached hydrogens (tertiary/aromatic N) is 4. The summed E-state index contributed by atoms with van der Waals surface area (Å²) in [7, 11) is 1.83. The zero-order valence-electron chi connectivity index (χ0n) is 18.3. The Morgan fingerprint density at radius 2 is 1.84 bits per heavy atom. The van der Waals surface area contributed by atoms with Crippen molar-refractivity contribution in [2.24, 2.45) is 18.1 Å². The number of piperidine rings is 1. The molecule has 2 aromatic rings. The lowest BCUT2D eigenvalue weighted by molar-refractivity contribution is 0.0733. The Bertz CT molecular complexity index is 1010. The van der Waals surface area contributed by atoms with Crippen molar-refractivity contribution in [2.45, 2.75) is 25.7 Å². The number of hydrogen-bond acceptors (Lipinski definition) is 5. The second-order valence-corrected chi connectivity index (χ2v) is 8.62. The van der Waals surface area contributed by atoms with Gasteiger partial charge in [0.2, 0.25) is 0 Å². The molecule has 4 rings (SSSR count). The predicted octanol–water partition coefficient (Wildman–Crippen LogP) is 3.17. The number of fused-ring (bicyclic) bond motifs is 1. The van der Waals surface area contributed by atoms with Crippen LogP contribution >= 0.6 is 0 Å². The van der Waals surface area contributed by atoms with E-state index in [1.165, 1.54) is 12.1 Å². The molecule has 0 saturated carbocycles. The van der Waals surface area contributed by atoms with E-state index in [2.05, 4.69) is 10.1 Å². The average Bonchev–Trinajstić information content (AvgIpc) is 3.13. The highest BCUT2D eigenvalue weighted by Gasteiger charge is 2.29. The van der Waals surface area contributed by atoms with Gasteiger partial charge in [0.05, 0.1) is 5.71 Å². The van der Waals surface area contributed by atoms with Crippen molar-refractivity contribution in [3.63, 3.8) is 0 Å². The SMILES string of the molecule is Cn1ccc2c1C(=O)N(CCCN1CCC(C(=O)c3ccc(F)cc3)CC1)CCC2=NO. The number of benzene rings is 1. The van der Waals surface area contributed by atoms with Crippen molar-refractivity contribution in [3.05, 3.63) is 59.2 Å². The molecule has 0 bridgehead atoms. The van der Waals surface area contributed by atoms with Gasteiger partial charge in [0.1, 0.15) is 11.5 Å². The van der Waals surface area contributed by atoms with Gasteiger partial charge in [-0.1, -0.05) is 5.16 Å². The highest BCUT2D eigenvalue weighted by Crippen LogP contribution is 2.23. The van der Waals surface area contributed by atoms with Gasteiger partial charge in [-0.05, 0) is 69.2 Å². The first-order valence-electron chi connectivity index (χ1n) is 11.2. The van der Waals surface area contributed by atoms with E-state index in [1.54, 1.807) is 16.7 Å². The van der Waals surface area contributed by atoms with Crippen LogP contribution in [0.5, 0.6) is 0 Å². The van der Waals surface area contributed by atoms with E-state index in [0.29, 0.717) is 42.0 Å². The zero-order valence-corrected chi connectivity index (χ0v) is 18.3. The van der Waals surface area contributed by atoms with Gasteiger partial charge in [-0.3, -0.25) is 9.59 Å². The summed E-state index contributed by atoms with van der Waals surface area (Å²) in [5, 5.41) is 12.7. The molecule has 1 aromatic carbocycles. The summed E-state index contributed by atoms with van der Waals surface area (Å²) in [6, 6.07) is 7.62.